The number of ketones is 3. The van der Waals surface area contributed by atoms with E-state index in [1.165, 1.54) is 32.0 Å². The normalized spacial score (nSPS) is 32.9. The van der Waals surface area contributed by atoms with Crippen LogP contribution in [0.25, 0.3) is 5.76 Å². The van der Waals surface area contributed by atoms with Gasteiger partial charge in [0.15, 0.2) is 11.4 Å². The van der Waals surface area contributed by atoms with Crippen molar-refractivity contribution in [1.82, 2.24) is 4.90 Å². The van der Waals surface area contributed by atoms with Crippen LogP contribution < -0.4 is 5.73 Å². The molecule has 6 atom stereocenters. The van der Waals surface area contributed by atoms with Gasteiger partial charge in [0.1, 0.15) is 28.6 Å². The second-order valence-corrected chi connectivity index (χ2v) is 9.44. The number of aliphatic hydroxyl groups excluding tert-OH is 2. The van der Waals surface area contributed by atoms with Gasteiger partial charge < -0.3 is 26.2 Å². The van der Waals surface area contributed by atoms with Crippen molar-refractivity contribution >= 4 is 29.0 Å². The summed E-state index contributed by atoms with van der Waals surface area (Å²) < 4.78 is 0. The Balaban J connectivity index is 2.14. The number of rotatable bonds is 3. The molecule has 0 aromatic heterocycles. The summed E-state index contributed by atoms with van der Waals surface area (Å²) in [5, 5.41) is 44.2. The van der Waals surface area contributed by atoms with Crippen LogP contribution in [0.1, 0.15) is 30.9 Å². The van der Waals surface area contributed by atoms with E-state index < -0.39 is 75.7 Å². The maximum absolute atomic E-state index is 13.9. The summed E-state index contributed by atoms with van der Waals surface area (Å²) in [7, 11) is 2.96. The molecule has 0 bridgehead atoms. The molecule has 34 heavy (non-hydrogen) atoms. The van der Waals surface area contributed by atoms with E-state index in [9.17, 15) is 39.6 Å². The smallest absolute Gasteiger partial charge is 0.255 e. The van der Waals surface area contributed by atoms with Gasteiger partial charge in [0, 0.05) is 23.3 Å². The number of carbonyl (C=O) groups excluding carboxylic acids is 4. The number of nitrogens with zero attached hydrogens (tertiary/aromatic N) is 1. The van der Waals surface area contributed by atoms with Gasteiger partial charge >= 0.3 is 0 Å². The van der Waals surface area contributed by atoms with Crippen LogP contribution in [0.15, 0.2) is 35.1 Å². The van der Waals surface area contributed by atoms with Crippen molar-refractivity contribution < 1.29 is 39.6 Å². The highest BCUT2D eigenvalue weighted by Crippen LogP contribution is 2.58. The van der Waals surface area contributed by atoms with Crippen LogP contribution in [-0.2, 0) is 19.2 Å². The van der Waals surface area contributed by atoms with E-state index >= 15 is 0 Å². The van der Waals surface area contributed by atoms with Crippen molar-refractivity contribution in [3.05, 3.63) is 46.2 Å². The highest BCUT2D eigenvalue weighted by Gasteiger charge is 2.69. The van der Waals surface area contributed by atoms with Gasteiger partial charge in [-0.05, 0) is 38.6 Å². The molecule has 0 aliphatic heterocycles. The number of amides is 1. The Labute approximate surface area is 195 Å². The Morgan fingerprint density at radius 1 is 1.12 bits per heavy atom. The van der Waals surface area contributed by atoms with Gasteiger partial charge in [-0.2, -0.15) is 0 Å². The number of carbonyl (C=O) groups is 4. The van der Waals surface area contributed by atoms with E-state index in [2.05, 4.69) is 0 Å². The first-order valence-corrected chi connectivity index (χ1v) is 10.8. The maximum atomic E-state index is 13.9. The van der Waals surface area contributed by atoms with Crippen LogP contribution in [-0.4, -0.2) is 74.3 Å². The molecule has 180 valence electrons. The second kappa shape index (κ2) is 7.51. The molecule has 0 spiro atoms. The Kier molecular flexibility index (Phi) is 5.22. The number of phenols is 1. The molecule has 6 unspecified atom stereocenters. The van der Waals surface area contributed by atoms with Crippen LogP contribution in [0.2, 0.25) is 0 Å². The molecular formula is C24H26N2O8. The lowest BCUT2D eigenvalue weighted by atomic mass is 9.50. The average Bonchev–Trinajstić information content (AvgIpc) is 2.73. The fraction of sp³-hybridized carbons (Fsp3) is 0.417. The predicted octanol–water partition coefficient (Wildman–Crippen LogP) is 0.340. The van der Waals surface area contributed by atoms with E-state index in [0.29, 0.717) is 5.56 Å². The first kappa shape index (κ1) is 23.7. The van der Waals surface area contributed by atoms with Gasteiger partial charge in [-0.25, -0.2) is 0 Å². The molecule has 1 aromatic carbocycles. The minimum atomic E-state index is -2.88. The summed E-state index contributed by atoms with van der Waals surface area (Å²) in [5.74, 6) is -10.3. The lowest BCUT2D eigenvalue weighted by Gasteiger charge is -2.54. The molecule has 0 saturated heterocycles. The Morgan fingerprint density at radius 2 is 1.74 bits per heavy atom. The zero-order valence-electron chi connectivity index (χ0n) is 19.1. The summed E-state index contributed by atoms with van der Waals surface area (Å²) in [6.07, 6.45) is 0. The fourth-order valence-corrected chi connectivity index (χ4v) is 6.13. The zero-order chi connectivity index (χ0) is 25.4. The lowest BCUT2D eigenvalue weighted by Crippen LogP contribution is -2.69. The molecule has 0 radical (unpaired) electrons. The SMILES string of the molecule is CC(=O)C1C2C(=C(O)c3c(O)cccc3C2C)C(=O)C2(O)C(O)=C(C(N)=O)C(=O)C(N(C)C)C12. The molecule has 6 N–H and O–H groups in total. The first-order chi connectivity index (χ1) is 15.8. The third-order valence-corrected chi connectivity index (χ3v) is 7.50. The van der Waals surface area contributed by atoms with Crippen LogP contribution in [0.3, 0.4) is 0 Å². The fourth-order valence-electron chi connectivity index (χ4n) is 6.13. The van der Waals surface area contributed by atoms with Crippen LogP contribution in [0.5, 0.6) is 5.75 Å². The molecule has 1 aromatic rings. The van der Waals surface area contributed by atoms with Gasteiger partial charge in [-0.1, -0.05) is 19.1 Å². The number of primary amides is 1. The molecule has 10 nitrogen and oxygen atoms in total. The molecular weight excluding hydrogens is 444 g/mol. The van der Waals surface area contributed by atoms with Gasteiger partial charge in [-0.3, -0.25) is 24.1 Å². The predicted molar refractivity (Wildman–Crippen MR) is 119 cm³/mol. The highest BCUT2D eigenvalue weighted by molar-refractivity contribution is 6.25. The molecule has 1 saturated carbocycles. The molecule has 4 rings (SSSR count). The number of fused-ring (bicyclic) bond motifs is 3. The van der Waals surface area contributed by atoms with E-state index in [1.807, 2.05) is 0 Å². The summed E-state index contributed by atoms with van der Waals surface area (Å²) in [6.45, 7) is 2.95. The van der Waals surface area contributed by atoms with Crippen LogP contribution in [0, 0.1) is 17.8 Å². The average molecular weight is 470 g/mol. The zero-order valence-corrected chi connectivity index (χ0v) is 19.1. The van der Waals surface area contributed by atoms with Gasteiger partial charge in [0.05, 0.1) is 11.6 Å². The molecule has 1 fully saturated rings. The largest absolute Gasteiger partial charge is 0.508 e. The first-order valence-electron chi connectivity index (χ1n) is 10.8. The number of hydrogen-bond donors (Lipinski definition) is 5. The number of nitrogens with two attached hydrogens (primary N) is 1. The number of Topliss-reactive ketones (excluding diaryl/α,β-unsaturated/α-hetero) is 3. The van der Waals surface area contributed by atoms with Gasteiger partial charge in [-0.15, -0.1) is 0 Å². The van der Waals surface area contributed by atoms with E-state index in [0.717, 1.165) is 0 Å². The number of phenolic OH excluding ortho intramolecular Hbond substituents is 1. The number of aromatic hydroxyl groups is 1. The van der Waals surface area contributed by atoms with Gasteiger partial charge in [0.2, 0.25) is 5.78 Å². The molecule has 3 aliphatic rings. The quantitative estimate of drug-likeness (QED) is 0.390. The minimum Gasteiger partial charge on any atom is -0.508 e. The summed E-state index contributed by atoms with van der Waals surface area (Å²) >= 11 is 0. The van der Waals surface area contributed by atoms with Crippen LogP contribution in [0.4, 0.5) is 0 Å². The number of benzene rings is 1. The van der Waals surface area contributed by atoms with Gasteiger partial charge in [0.25, 0.3) is 5.91 Å². The Hall–Kier alpha value is -3.50. The van der Waals surface area contributed by atoms with Crippen molar-refractivity contribution in [3.8, 4) is 5.75 Å². The topological polar surface area (TPSA) is 178 Å². The molecule has 10 heteroatoms. The molecule has 3 aliphatic carbocycles. The van der Waals surface area contributed by atoms with Crippen molar-refractivity contribution in [2.24, 2.45) is 23.5 Å². The number of hydrogen-bond acceptors (Lipinski definition) is 9. The van der Waals surface area contributed by atoms with E-state index in [-0.39, 0.29) is 16.9 Å². The third kappa shape index (κ3) is 2.75. The number of aliphatic hydroxyl groups is 3. The monoisotopic (exact) mass is 470 g/mol. The third-order valence-electron chi connectivity index (χ3n) is 7.50. The minimum absolute atomic E-state index is 0.0198. The van der Waals surface area contributed by atoms with Crippen molar-refractivity contribution in [2.45, 2.75) is 31.4 Å². The Bertz CT molecular complexity index is 1230. The molecule has 0 heterocycles. The maximum Gasteiger partial charge on any atom is 0.255 e. The highest BCUT2D eigenvalue weighted by atomic mass is 16.3. The van der Waals surface area contributed by atoms with Crippen molar-refractivity contribution in [1.29, 1.82) is 0 Å². The van der Waals surface area contributed by atoms with E-state index in [1.54, 1.807) is 19.1 Å². The summed E-state index contributed by atoms with van der Waals surface area (Å²) in [4.78, 5) is 53.6. The van der Waals surface area contributed by atoms with Crippen molar-refractivity contribution in [2.75, 3.05) is 14.1 Å². The Morgan fingerprint density at radius 3 is 2.26 bits per heavy atom. The lowest BCUT2D eigenvalue weighted by molar-refractivity contribution is -0.164. The van der Waals surface area contributed by atoms with E-state index in [4.69, 9.17) is 5.73 Å². The van der Waals surface area contributed by atoms with Crippen molar-refractivity contribution in [3.63, 3.8) is 0 Å². The number of likely N-dealkylation sites (N-methyl/N-ethyl adjacent to an activating group) is 1. The van der Waals surface area contributed by atoms with Crippen LogP contribution >= 0.6 is 0 Å². The second-order valence-electron chi connectivity index (χ2n) is 9.44. The summed E-state index contributed by atoms with van der Waals surface area (Å²) in [5.41, 5.74) is 1.60. The summed E-state index contributed by atoms with van der Waals surface area (Å²) in [6, 6.07) is 3.18. The standard InChI is InChI=1S/C24H26N2O8/c1-8-10-6-5-7-11(28)14(10)19(29)15-12(8)13(9(2)27)17-18(26(3)4)20(30)16(23(25)33)22(32)24(17,34)21(15)31/h5-8,12-13,17-18,28-29,32,34H,1-4H3,(H2,25,33). The molecule has 1 amide bonds.